The summed E-state index contributed by atoms with van der Waals surface area (Å²) in [5, 5.41) is 0.876. The highest BCUT2D eigenvalue weighted by Gasteiger charge is 2.19. The van der Waals surface area contributed by atoms with Gasteiger partial charge in [-0.1, -0.05) is 63.9 Å². The lowest BCUT2D eigenvalue weighted by molar-refractivity contribution is -0.108. The molecule has 3 rings (SSSR count). The molecule has 2 aromatic carbocycles. The average Bonchev–Trinajstić information content (AvgIpc) is 3.05. The van der Waals surface area contributed by atoms with Crippen LogP contribution in [0, 0.1) is 12.8 Å². The molecule has 0 aromatic heterocycles. The van der Waals surface area contributed by atoms with E-state index in [0.29, 0.717) is 19.8 Å². The number of methoxy groups -OCH3 is 1. The number of aryl methyl sites for hydroxylation is 2. The predicted octanol–water partition coefficient (Wildman–Crippen LogP) is 7.84. The SMILES string of the molecule is CC.CCC(C)CCC=O.COCN(C)c1cc(OCCCCN2CCN(c3cccc(C)c3Cl)CC2)ccc1CCC=O. The number of carbonyl (C=O) groups is 2. The Morgan fingerprint density at radius 2 is 1.73 bits per heavy atom. The van der Waals surface area contributed by atoms with E-state index in [2.05, 4.69) is 60.9 Å². The minimum atomic E-state index is 0.487. The van der Waals surface area contributed by atoms with Crippen LogP contribution in [0.15, 0.2) is 36.4 Å². The van der Waals surface area contributed by atoms with Crippen LogP contribution in [0.5, 0.6) is 5.75 Å². The fourth-order valence-corrected chi connectivity index (χ4v) is 5.20. The van der Waals surface area contributed by atoms with Gasteiger partial charge in [0.1, 0.15) is 25.1 Å². The molecule has 1 saturated heterocycles. The molecule has 0 amide bonds. The summed E-state index contributed by atoms with van der Waals surface area (Å²) >= 11 is 6.51. The minimum absolute atomic E-state index is 0.487. The number of aldehydes is 2. The molecule has 2 aromatic rings. The predicted molar refractivity (Wildman–Crippen MR) is 187 cm³/mol. The van der Waals surface area contributed by atoms with Gasteiger partial charge in [-0.05, 0) is 68.3 Å². The number of carbonyl (C=O) groups excluding carboxylic acids is 2. The summed E-state index contributed by atoms with van der Waals surface area (Å²) in [6.07, 6.45) is 8.28. The Balaban J connectivity index is 0.000000840. The third-order valence-electron chi connectivity index (χ3n) is 7.82. The van der Waals surface area contributed by atoms with Crippen LogP contribution in [0.25, 0.3) is 0 Å². The number of unbranched alkanes of at least 4 members (excludes halogenated alkanes) is 1. The van der Waals surface area contributed by atoms with E-state index in [0.717, 1.165) is 117 Å². The molecule has 0 N–H and O–H groups in total. The first-order valence-electron chi connectivity index (χ1n) is 16.4. The molecule has 1 fully saturated rings. The van der Waals surface area contributed by atoms with Crippen molar-refractivity contribution in [2.24, 2.45) is 5.92 Å². The van der Waals surface area contributed by atoms with E-state index in [-0.39, 0.29) is 0 Å². The van der Waals surface area contributed by atoms with E-state index in [1.54, 1.807) is 7.11 Å². The highest BCUT2D eigenvalue weighted by Crippen LogP contribution is 2.30. The van der Waals surface area contributed by atoms with Crippen molar-refractivity contribution in [1.82, 2.24) is 4.90 Å². The summed E-state index contributed by atoms with van der Waals surface area (Å²) in [5.74, 6) is 1.58. The first-order valence-corrected chi connectivity index (χ1v) is 16.8. The Kier molecular flexibility index (Phi) is 21.3. The van der Waals surface area contributed by atoms with Crippen molar-refractivity contribution in [1.29, 1.82) is 0 Å². The Morgan fingerprint density at radius 1 is 1.02 bits per heavy atom. The molecule has 0 bridgehead atoms. The molecule has 1 heterocycles. The average molecular weight is 632 g/mol. The van der Waals surface area contributed by atoms with Gasteiger partial charge in [-0.3, -0.25) is 4.90 Å². The lowest BCUT2D eigenvalue weighted by Crippen LogP contribution is -2.46. The maximum atomic E-state index is 10.8. The number of hydrogen-bond acceptors (Lipinski definition) is 7. The summed E-state index contributed by atoms with van der Waals surface area (Å²) in [6.45, 7) is 16.8. The lowest BCUT2D eigenvalue weighted by atomic mass is 10.0. The summed E-state index contributed by atoms with van der Waals surface area (Å²) in [4.78, 5) is 27.6. The Labute approximate surface area is 272 Å². The van der Waals surface area contributed by atoms with Gasteiger partial charge in [-0.25, -0.2) is 0 Å². The minimum Gasteiger partial charge on any atom is -0.494 e. The molecule has 1 atom stereocenters. The van der Waals surface area contributed by atoms with Crippen molar-refractivity contribution in [3.05, 3.63) is 52.5 Å². The molecular formula is C36H58ClN3O4. The molecule has 248 valence electrons. The Hall–Kier alpha value is -2.61. The van der Waals surface area contributed by atoms with Crippen molar-refractivity contribution in [2.45, 2.75) is 79.6 Å². The second kappa shape index (κ2) is 23.7. The number of hydrogen-bond donors (Lipinski definition) is 0. The van der Waals surface area contributed by atoms with E-state index in [4.69, 9.17) is 21.1 Å². The van der Waals surface area contributed by atoms with Gasteiger partial charge >= 0.3 is 0 Å². The lowest BCUT2D eigenvalue weighted by Gasteiger charge is -2.36. The van der Waals surface area contributed by atoms with Gasteiger partial charge in [0, 0.05) is 64.9 Å². The van der Waals surface area contributed by atoms with Crippen LogP contribution in [0.2, 0.25) is 5.02 Å². The van der Waals surface area contributed by atoms with Crippen LogP contribution in [0.3, 0.4) is 0 Å². The summed E-state index contributed by atoms with van der Waals surface area (Å²) in [7, 11) is 3.67. The van der Waals surface area contributed by atoms with Crippen molar-refractivity contribution < 1.29 is 19.1 Å². The van der Waals surface area contributed by atoms with Crippen LogP contribution >= 0.6 is 11.6 Å². The van der Waals surface area contributed by atoms with E-state index < -0.39 is 0 Å². The van der Waals surface area contributed by atoms with E-state index in [1.807, 2.05) is 31.9 Å². The standard InChI is InChI=1S/C27H38ClN3O3.C7H14O.C2H6/c1-22-8-6-10-25(27(22)28)31-16-14-30(15-17-31)13-4-5-19-34-24-12-11-23(9-7-18-32)26(20-24)29(2)21-33-3;1-3-7(2)5-4-6-8;1-2/h6,8,10-12,18,20H,4-5,7,9,13-17,19,21H2,1-3H3;6-7H,3-5H2,1-2H3;1-2H3. The maximum absolute atomic E-state index is 10.8. The van der Waals surface area contributed by atoms with Gasteiger partial charge in [0.05, 0.1) is 17.3 Å². The summed E-state index contributed by atoms with van der Waals surface area (Å²) in [6, 6.07) is 12.4. The van der Waals surface area contributed by atoms with Crippen molar-refractivity contribution >= 4 is 35.5 Å². The zero-order valence-electron chi connectivity index (χ0n) is 28.4. The van der Waals surface area contributed by atoms with E-state index >= 15 is 0 Å². The fraction of sp³-hybridized carbons (Fsp3) is 0.611. The van der Waals surface area contributed by atoms with E-state index in [1.165, 1.54) is 6.42 Å². The zero-order chi connectivity index (χ0) is 32.7. The Bertz CT molecular complexity index is 1060. The fourth-order valence-electron chi connectivity index (χ4n) is 4.95. The van der Waals surface area contributed by atoms with Gasteiger partial charge < -0.3 is 28.9 Å². The number of rotatable bonds is 17. The van der Waals surface area contributed by atoms with Gasteiger partial charge in [0.2, 0.25) is 0 Å². The zero-order valence-corrected chi connectivity index (χ0v) is 29.2. The van der Waals surface area contributed by atoms with Gasteiger partial charge in [0.25, 0.3) is 0 Å². The van der Waals surface area contributed by atoms with Crippen LogP contribution in [0.1, 0.15) is 77.3 Å². The van der Waals surface area contributed by atoms with Crippen molar-refractivity contribution in [3.8, 4) is 5.75 Å². The number of anilines is 2. The molecule has 1 aliphatic heterocycles. The van der Waals surface area contributed by atoms with Crippen molar-refractivity contribution in [2.75, 3.05) is 70.0 Å². The summed E-state index contributed by atoms with van der Waals surface area (Å²) in [5.41, 5.74) is 4.47. The van der Waals surface area contributed by atoms with Crippen LogP contribution < -0.4 is 14.5 Å². The second-order valence-electron chi connectivity index (χ2n) is 11.2. The number of benzene rings is 2. The monoisotopic (exact) mass is 631 g/mol. The quantitative estimate of drug-likeness (QED) is 0.100. The van der Waals surface area contributed by atoms with Crippen LogP contribution in [0.4, 0.5) is 11.4 Å². The van der Waals surface area contributed by atoms with Crippen LogP contribution in [-0.2, 0) is 20.7 Å². The molecule has 0 aliphatic carbocycles. The third-order valence-corrected chi connectivity index (χ3v) is 8.31. The largest absolute Gasteiger partial charge is 0.494 e. The molecular weight excluding hydrogens is 574 g/mol. The topological polar surface area (TPSA) is 62.3 Å². The highest BCUT2D eigenvalue weighted by molar-refractivity contribution is 6.34. The van der Waals surface area contributed by atoms with E-state index in [9.17, 15) is 9.59 Å². The molecule has 0 radical (unpaired) electrons. The van der Waals surface area contributed by atoms with Gasteiger partial charge in [-0.2, -0.15) is 0 Å². The maximum Gasteiger partial charge on any atom is 0.121 e. The molecule has 1 aliphatic rings. The normalized spacial score (nSPS) is 13.6. The first-order chi connectivity index (χ1) is 21.3. The molecule has 0 saturated carbocycles. The number of nitrogens with zero attached hydrogens (tertiary/aromatic N) is 3. The van der Waals surface area contributed by atoms with Crippen molar-refractivity contribution in [3.63, 3.8) is 0 Å². The highest BCUT2D eigenvalue weighted by atomic mass is 35.5. The summed E-state index contributed by atoms with van der Waals surface area (Å²) < 4.78 is 11.3. The molecule has 8 heteroatoms. The third kappa shape index (κ3) is 14.4. The molecule has 1 unspecified atom stereocenters. The van der Waals surface area contributed by atoms with Gasteiger partial charge in [0.15, 0.2) is 0 Å². The number of halogens is 1. The molecule has 44 heavy (non-hydrogen) atoms. The van der Waals surface area contributed by atoms with Gasteiger partial charge in [-0.15, -0.1) is 0 Å². The molecule has 7 nitrogen and oxygen atoms in total. The smallest absolute Gasteiger partial charge is 0.121 e. The Morgan fingerprint density at radius 3 is 2.36 bits per heavy atom. The number of piperazine rings is 1. The first kappa shape index (κ1) is 39.4. The second-order valence-corrected chi connectivity index (χ2v) is 11.5. The number of ether oxygens (including phenoxy) is 2. The van der Waals surface area contributed by atoms with Crippen LogP contribution in [-0.4, -0.2) is 77.7 Å². The molecule has 0 spiro atoms.